The highest BCUT2D eigenvalue weighted by Gasteiger charge is 2.29. The van der Waals surface area contributed by atoms with E-state index in [4.69, 9.17) is 4.98 Å². The minimum absolute atomic E-state index is 0.133. The van der Waals surface area contributed by atoms with Gasteiger partial charge in [0.2, 0.25) is 5.91 Å². The van der Waals surface area contributed by atoms with E-state index in [-0.39, 0.29) is 5.92 Å². The molecule has 2 atom stereocenters. The first-order chi connectivity index (χ1) is 12.0. The SMILES string of the molecule is CC[C@@H](C)C(=O)N1CC[C@H](Cc2nc3cccnc3n2CC(C)C)C1. The Morgan fingerprint density at radius 1 is 1.36 bits per heavy atom. The van der Waals surface area contributed by atoms with Crippen molar-refractivity contribution >= 4 is 17.1 Å². The Bertz CT molecular complexity index is 736. The van der Waals surface area contributed by atoms with Crippen LogP contribution in [0, 0.1) is 17.8 Å². The fourth-order valence-electron chi connectivity index (χ4n) is 3.66. The molecule has 25 heavy (non-hydrogen) atoms. The van der Waals surface area contributed by atoms with Crippen molar-refractivity contribution in [1.82, 2.24) is 19.4 Å². The zero-order chi connectivity index (χ0) is 18.0. The number of amides is 1. The molecule has 0 aliphatic carbocycles. The van der Waals surface area contributed by atoms with Gasteiger partial charge in [0.15, 0.2) is 5.65 Å². The van der Waals surface area contributed by atoms with Crippen molar-refractivity contribution in [1.29, 1.82) is 0 Å². The third-order valence-electron chi connectivity index (χ3n) is 5.23. The standard InChI is InChI=1S/C20H30N4O/c1-5-15(4)20(25)23-10-8-16(13-23)11-18-22-17-7-6-9-21-19(17)24(18)12-14(2)3/h6-7,9,14-16H,5,8,10-13H2,1-4H3/t15-,16-/m1/s1. The molecule has 1 fully saturated rings. The van der Waals surface area contributed by atoms with Crippen LogP contribution in [0.3, 0.4) is 0 Å². The average Bonchev–Trinajstić information content (AvgIpc) is 3.19. The van der Waals surface area contributed by atoms with Crippen molar-refractivity contribution in [2.24, 2.45) is 17.8 Å². The van der Waals surface area contributed by atoms with Crippen LogP contribution in [0.1, 0.15) is 46.4 Å². The molecule has 3 heterocycles. The number of pyridine rings is 1. The van der Waals surface area contributed by atoms with E-state index in [0.717, 1.165) is 55.9 Å². The largest absolute Gasteiger partial charge is 0.342 e. The van der Waals surface area contributed by atoms with Crippen LogP contribution in [0.25, 0.3) is 11.2 Å². The molecule has 1 aliphatic heterocycles. The lowest BCUT2D eigenvalue weighted by molar-refractivity contribution is -0.134. The molecule has 5 heteroatoms. The van der Waals surface area contributed by atoms with E-state index >= 15 is 0 Å². The molecule has 0 aromatic carbocycles. The first-order valence-electron chi connectivity index (χ1n) is 9.58. The minimum atomic E-state index is 0.133. The van der Waals surface area contributed by atoms with Crippen molar-refractivity contribution in [3.8, 4) is 0 Å². The monoisotopic (exact) mass is 342 g/mol. The smallest absolute Gasteiger partial charge is 0.225 e. The van der Waals surface area contributed by atoms with Crippen molar-refractivity contribution in [3.63, 3.8) is 0 Å². The van der Waals surface area contributed by atoms with Gasteiger partial charge in [0.05, 0.1) is 0 Å². The van der Waals surface area contributed by atoms with Gasteiger partial charge in [-0.25, -0.2) is 9.97 Å². The van der Waals surface area contributed by atoms with Crippen LogP contribution < -0.4 is 0 Å². The van der Waals surface area contributed by atoms with Gasteiger partial charge in [0, 0.05) is 38.2 Å². The molecule has 1 saturated heterocycles. The molecule has 0 spiro atoms. The van der Waals surface area contributed by atoms with Crippen molar-refractivity contribution < 1.29 is 4.79 Å². The number of hydrogen-bond acceptors (Lipinski definition) is 3. The van der Waals surface area contributed by atoms with Gasteiger partial charge < -0.3 is 9.47 Å². The van der Waals surface area contributed by atoms with Gasteiger partial charge in [-0.1, -0.05) is 27.7 Å². The molecule has 0 radical (unpaired) electrons. The maximum atomic E-state index is 12.4. The van der Waals surface area contributed by atoms with Crippen LogP contribution in [0.2, 0.25) is 0 Å². The normalized spacial score (nSPS) is 19.1. The Labute approximate surface area is 150 Å². The summed E-state index contributed by atoms with van der Waals surface area (Å²) in [6, 6.07) is 3.98. The first-order valence-corrected chi connectivity index (χ1v) is 9.58. The molecule has 0 unspecified atom stereocenters. The van der Waals surface area contributed by atoms with Crippen LogP contribution >= 0.6 is 0 Å². The topological polar surface area (TPSA) is 51.0 Å². The Hall–Kier alpha value is -1.91. The molecular weight excluding hydrogens is 312 g/mol. The lowest BCUT2D eigenvalue weighted by Crippen LogP contribution is -2.33. The summed E-state index contributed by atoms with van der Waals surface area (Å²) in [6.07, 6.45) is 4.75. The fraction of sp³-hybridized carbons (Fsp3) is 0.650. The van der Waals surface area contributed by atoms with Crippen LogP contribution in [-0.2, 0) is 17.8 Å². The van der Waals surface area contributed by atoms with Crippen molar-refractivity contribution in [2.45, 2.75) is 53.5 Å². The Balaban J connectivity index is 1.76. The van der Waals surface area contributed by atoms with E-state index < -0.39 is 0 Å². The second kappa shape index (κ2) is 7.54. The highest BCUT2D eigenvalue weighted by atomic mass is 16.2. The maximum absolute atomic E-state index is 12.4. The zero-order valence-corrected chi connectivity index (χ0v) is 15.9. The number of carbonyl (C=O) groups is 1. The summed E-state index contributed by atoms with van der Waals surface area (Å²) < 4.78 is 2.28. The quantitative estimate of drug-likeness (QED) is 0.807. The summed E-state index contributed by atoms with van der Waals surface area (Å²) in [7, 11) is 0. The molecule has 1 aliphatic rings. The van der Waals surface area contributed by atoms with Gasteiger partial charge in [-0.15, -0.1) is 0 Å². The average molecular weight is 342 g/mol. The van der Waals surface area contributed by atoms with Gasteiger partial charge >= 0.3 is 0 Å². The van der Waals surface area contributed by atoms with Crippen molar-refractivity contribution in [2.75, 3.05) is 13.1 Å². The molecule has 136 valence electrons. The van der Waals surface area contributed by atoms with E-state index in [1.807, 2.05) is 30.2 Å². The fourth-order valence-corrected chi connectivity index (χ4v) is 3.66. The van der Waals surface area contributed by atoms with Crippen LogP contribution in [0.5, 0.6) is 0 Å². The number of fused-ring (bicyclic) bond motifs is 1. The predicted octanol–water partition coefficient (Wildman–Crippen LogP) is 3.52. The van der Waals surface area contributed by atoms with E-state index in [2.05, 4.69) is 30.3 Å². The molecule has 1 amide bonds. The highest BCUT2D eigenvalue weighted by Crippen LogP contribution is 2.25. The molecule has 0 saturated carbocycles. The van der Waals surface area contributed by atoms with Crippen LogP contribution in [-0.4, -0.2) is 38.4 Å². The van der Waals surface area contributed by atoms with Gasteiger partial charge in [-0.2, -0.15) is 0 Å². The Morgan fingerprint density at radius 3 is 2.88 bits per heavy atom. The second-order valence-electron chi connectivity index (χ2n) is 7.83. The minimum Gasteiger partial charge on any atom is -0.342 e. The third-order valence-corrected chi connectivity index (χ3v) is 5.23. The molecule has 3 rings (SSSR count). The van der Waals surface area contributed by atoms with Gasteiger partial charge in [-0.3, -0.25) is 4.79 Å². The van der Waals surface area contributed by atoms with Crippen LogP contribution in [0.15, 0.2) is 18.3 Å². The molecular formula is C20H30N4O. The Morgan fingerprint density at radius 2 is 2.16 bits per heavy atom. The number of rotatable bonds is 6. The highest BCUT2D eigenvalue weighted by molar-refractivity contribution is 5.78. The van der Waals surface area contributed by atoms with E-state index in [0.29, 0.717) is 17.7 Å². The van der Waals surface area contributed by atoms with E-state index in [9.17, 15) is 4.79 Å². The van der Waals surface area contributed by atoms with Crippen molar-refractivity contribution in [3.05, 3.63) is 24.2 Å². The van der Waals surface area contributed by atoms with E-state index in [1.54, 1.807) is 0 Å². The molecule has 2 aromatic heterocycles. The van der Waals surface area contributed by atoms with Gasteiger partial charge in [0.25, 0.3) is 0 Å². The summed E-state index contributed by atoms with van der Waals surface area (Å²) in [5, 5.41) is 0. The van der Waals surface area contributed by atoms with Gasteiger partial charge in [0.1, 0.15) is 11.3 Å². The van der Waals surface area contributed by atoms with Crippen LogP contribution in [0.4, 0.5) is 0 Å². The number of imidazole rings is 1. The third kappa shape index (κ3) is 3.86. The predicted molar refractivity (Wildman–Crippen MR) is 100 cm³/mol. The summed E-state index contributed by atoms with van der Waals surface area (Å²) >= 11 is 0. The Kier molecular flexibility index (Phi) is 5.40. The molecule has 5 nitrogen and oxygen atoms in total. The lowest BCUT2D eigenvalue weighted by Gasteiger charge is -2.20. The zero-order valence-electron chi connectivity index (χ0n) is 15.9. The summed E-state index contributed by atoms with van der Waals surface area (Å²) in [6.45, 7) is 11.2. The first kappa shape index (κ1) is 17.9. The summed E-state index contributed by atoms with van der Waals surface area (Å²) in [4.78, 5) is 23.9. The molecule has 2 aromatic rings. The van der Waals surface area contributed by atoms with E-state index in [1.165, 1.54) is 0 Å². The summed E-state index contributed by atoms with van der Waals surface area (Å²) in [5.41, 5.74) is 1.96. The number of hydrogen-bond donors (Lipinski definition) is 0. The number of nitrogens with zero attached hydrogens (tertiary/aromatic N) is 4. The molecule has 0 N–H and O–H groups in total. The second-order valence-corrected chi connectivity index (χ2v) is 7.83. The lowest BCUT2D eigenvalue weighted by atomic mass is 10.0. The number of aromatic nitrogens is 3. The number of carbonyl (C=O) groups excluding carboxylic acids is 1. The molecule has 0 bridgehead atoms. The maximum Gasteiger partial charge on any atom is 0.225 e. The van der Waals surface area contributed by atoms with Gasteiger partial charge in [-0.05, 0) is 36.8 Å². The number of likely N-dealkylation sites (tertiary alicyclic amines) is 1. The summed E-state index contributed by atoms with van der Waals surface area (Å²) in [5.74, 6) is 2.60.